The van der Waals surface area contributed by atoms with E-state index in [-0.39, 0.29) is 23.7 Å². The maximum Gasteiger partial charge on any atom is 0.233 e. The first-order valence-corrected chi connectivity index (χ1v) is 6.26. The molecule has 1 saturated heterocycles. The van der Waals surface area contributed by atoms with Gasteiger partial charge in [0.1, 0.15) is 0 Å². The molecule has 1 fully saturated rings. The molecule has 3 heteroatoms. The van der Waals surface area contributed by atoms with E-state index in [1.165, 1.54) is 16.0 Å². The van der Waals surface area contributed by atoms with E-state index in [4.69, 9.17) is 0 Å². The largest absolute Gasteiger partial charge is 0.277 e. The smallest absolute Gasteiger partial charge is 0.233 e. The lowest BCUT2D eigenvalue weighted by Crippen LogP contribution is -2.46. The van der Waals surface area contributed by atoms with Crippen LogP contribution in [0, 0.1) is 11.8 Å². The third-order valence-corrected chi connectivity index (χ3v) is 4.01. The van der Waals surface area contributed by atoms with Crippen LogP contribution in [0.2, 0.25) is 0 Å². The summed E-state index contributed by atoms with van der Waals surface area (Å²) >= 11 is 0. The van der Waals surface area contributed by atoms with Gasteiger partial charge in [-0.25, -0.2) is 0 Å². The lowest BCUT2D eigenvalue weighted by molar-refractivity contribution is -0.145. The molecule has 3 nitrogen and oxygen atoms in total. The molecule has 0 aromatic heterocycles. The molecule has 2 atom stereocenters. The Morgan fingerprint density at radius 1 is 0.941 bits per heavy atom. The molecular formula is C14H21NO2. The van der Waals surface area contributed by atoms with Crippen LogP contribution in [0.5, 0.6) is 0 Å². The number of nitrogens with zero attached hydrogens (tertiary/aromatic N) is 1. The maximum atomic E-state index is 12.3. The van der Waals surface area contributed by atoms with E-state index in [0.29, 0.717) is 0 Å². The van der Waals surface area contributed by atoms with Crippen molar-refractivity contribution in [3.05, 3.63) is 11.1 Å². The number of hydrogen-bond donors (Lipinski definition) is 0. The molecule has 0 saturated carbocycles. The summed E-state index contributed by atoms with van der Waals surface area (Å²) in [4.78, 5) is 26.1. The van der Waals surface area contributed by atoms with E-state index in [1.54, 1.807) is 0 Å². The molecule has 1 aliphatic heterocycles. The van der Waals surface area contributed by atoms with Crippen LogP contribution in [-0.2, 0) is 9.59 Å². The first kappa shape index (κ1) is 12.3. The fraction of sp³-hybridized carbons (Fsp3) is 0.714. The second-order valence-electron chi connectivity index (χ2n) is 6.36. The van der Waals surface area contributed by atoms with Gasteiger partial charge < -0.3 is 0 Å². The number of imide groups is 1. The molecule has 0 unspecified atom stereocenters. The van der Waals surface area contributed by atoms with Crippen molar-refractivity contribution in [2.24, 2.45) is 11.8 Å². The monoisotopic (exact) mass is 235 g/mol. The van der Waals surface area contributed by atoms with Crippen LogP contribution in [0.3, 0.4) is 0 Å². The van der Waals surface area contributed by atoms with Crippen molar-refractivity contribution >= 4 is 11.8 Å². The van der Waals surface area contributed by atoms with Crippen molar-refractivity contribution in [2.45, 2.75) is 53.0 Å². The zero-order valence-electron chi connectivity index (χ0n) is 11.3. The number of rotatable bonds is 0. The van der Waals surface area contributed by atoms with Crippen LogP contribution in [0.1, 0.15) is 47.5 Å². The van der Waals surface area contributed by atoms with Gasteiger partial charge in [0.15, 0.2) is 0 Å². The standard InChI is InChI=1S/C14H21NO2/c1-8-6-10-11(7-9(8)2)13(17)15(12(10)16)14(3,4)5/h10-11H,6-7H2,1-5H3/t10-,11+. The van der Waals surface area contributed by atoms with Crippen molar-refractivity contribution < 1.29 is 9.59 Å². The summed E-state index contributed by atoms with van der Waals surface area (Å²) in [5, 5.41) is 0. The minimum atomic E-state index is -0.396. The average molecular weight is 235 g/mol. The van der Waals surface area contributed by atoms with Crippen LogP contribution < -0.4 is 0 Å². The Morgan fingerprint density at radius 2 is 1.29 bits per heavy atom. The molecule has 2 amide bonds. The van der Waals surface area contributed by atoms with E-state index < -0.39 is 5.54 Å². The molecule has 0 N–H and O–H groups in total. The van der Waals surface area contributed by atoms with Gasteiger partial charge in [-0.05, 0) is 47.5 Å². The van der Waals surface area contributed by atoms with Gasteiger partial charge in [-0.2, -0.15) is 0 Å². The Labute approximate surface area is 103 Å². The van der Waals surface area contributed by atoms with Gasteiger partial charge in [0.2, 0.25) is 11.8 Å². The third-order valence-electron chi connectivity index (χ3n) is 4.01. The number of carbonyl (C=O) groups excluding carboxylic acids is 2. The molecule has 0 bridgehead atoms. The summed E-state index contributed by atoms with van der Waals surface area (Å²) in [5.74, 6) is -0.158. The van der Waals surface area contributed by atoms with Crippen LogP contribution in [0.4, 0.5) is 0 Å². The number of amides is 2. The van der Waals surface area contributed by atoms with Crippen LogP contribution in [-0.4, -0.2) is 22.3 Å². The quantitative estimate of drug-likeness (QED) is 0.478. The van der Waals surface area contributed by atoms with Gasteiger partial charge in [-0.3, -0.25) is 14.5 Å². The summed E-state index contributed by atoms with van der Waals surface area (Å²) in [6.45, 7) is 9.92. The SMILES string of the molecule is CC1=C(C)C[C@H]2C(=O)N(C(C)(C)C)C(=O)[C@H]2C1. The first-order valence-electron chi connectivity index (χ1n) is 6.26. The Balaban J connectivity index is 2.35. The fourth-order valence-corrected chi connectivity index (χ4v) is 2.91. The molecule has 0 aromatic rings. The molecule has 2 rings (SSSR count). The number of hydrogen-bond acceptors (Lipinski definition) is 2. The van der Waals surface area contributed by atoms with E-state index in [2.05, 4.69) is 13.8 Å². The molecule has 94 valence electrons. The van der Waals surface area contributed by atoms with Gasteiger partial charge in [0.05, 0.1) is 11.8 Å². The third kappa shape index (κ3) is 1.81. The Kier molecular flexibility index (Phi) is 2.68. The second-order valence-corrected chi connectivity index (χ2v) is 6.36. The van der Waals surface area contributed by atoms with E-state index in [1.807, 2.05) is 20.8 Å². The number of fused-ring (bicyclic) bond motifs is 1. The Hall–Kier alpha value is -1.12. The van der Waals surface area contributed by atoms with Gasteiger partial charge in [-0.1, -0.05) is 11.1 Å². The van der Waals surface area contributed by atoms with Gasteiger partial charge >= 0.3 is 0 Å². The average Bonchev–Trinajstić information content (AvgIpc) is 2.40. The van der Waals surface area contributed by atoms with E-state index >= 15 is 0 Å². The minimum absolute atomic E-state index is 0.0272. The molecule has 1 heterocycles. The Morgan fingerprint density at radius 3 is 1.59 bits per heavy atom. The van der Waals surface area contributed by atoms with Crippen molar-refractivity contribution in [1.29, 1.82) is 0 Å². The van der Waals surface area contributed by atoms with Crippen LogP contribution in [0.15, 0.2) is 11.1 Å². The number of carbonyl (C=O) groups is 2. The maximum absolute atomic E-state index is 12.3. The molecule has 0 aromatic carbocycles. The molecular weight excluding hydrogens is 214 g/mol. The summed E-state index contributed by atoms with van der Waals surface area (Å²) in [6, 6.07) is 0. The second kappa shape index (κ2) is 3.69. The molecule has 17 heavy (non-hydrogen) atoms. The molecule has 0 spiro atoms. The van der Waals surface area contributed by atoms with E-state index in [0.717, 1.165) is 12.8 Å². The van der Waals surface area contributed by atoms with Crippen molar-refractivity contribution in [3.63, 3.8) is 0 Å². The van der Waals surface area contributed by atoms with Crippen molar-refractivity contribution in [3.8, 4) is 0 Å². The van der Waals surface area contributed by atoms with Gasteiger partial charge in [-0.15, -0.1) is 0 Å². The zero-order chi connectivity index (χ0) is 13.0. The number of allylic oxidation sites excluding steroid dienone is 2. The summed E-state index contributed by atoms with van der Waals surface area (Å²) in [5.41, 5.74) is 2.17. The normalized spacial score (nSPS) is 30.1. The molecule has 0 radical (unpaired) electrons. The van der Waals surface area contributed by atoms with Crippen LogP contribution in [0.25, 0.3) is 0 Å². The first-order chi connectivity index (χ1) is 7.73. The summed E-state index contributed by atoms with van der Waals surface area (Å²) in [7, 11) is 0. The molecule has 1 aliphatic carbocycles. The minimum Gasteiger partial charge on any atom is -0.277 e. The summed E-state index contributed by atoms with van der Waals surface area (Å²) < 4.78 is 0. The topological polar surface area (TPSA) is 37.4 Å². The summed E-state index contributed by atoms with van der Waals surface area (Å²) in [6.07, 6.45) is 1.52. The van der Waals surface area contributed by atoms with Crippen LogP contribution >= 0.6 is 0 Å². The lowest BCUT2D eigenvalue weighted by Gasteiger charge is -2.30. The highest BCUT2D eigenvalue weighted by Crippen LogP contribution is 2.42. The fourth-order valence-electron chi connectivity index (χ4n) is 2.91. The highest BCUT2D eigenvalue weighted by atomic mass is 16.2. The lowest BCUT2D eigenvalue weighted by atomic mass is 9.78. The predicted molar refractivity (Wildman–Crippen MR) is 66.2 cm³/mol. The van der Waals surface area contributed by atoms with Gasteiger partial charge in [0, 0.05) is 5.54 Å². The van der Waals surface area contributed by atoms with Crippen molar-refractivity contribution in [1.82, 2.24) is 4.90 Å². The number of likely N-dealkylation sites (tertiary alicyclic amines) is 1. The van der Waals surface area contributed by atoms with E-state index in [9.17, 15) is 9.59 Å². The van der Waals surface area contributed by atoms with Gasteiger partial charge in [0.25, 0.3) is 0 Å². The molecule has 2 aliphatic rings. The Bertz CT molecular complexity index is 382. The highest BCUT2D eigenvalue weighted by Gasteiger charge is 2.52. The van der Waals surface area contributed by atoms with Crippen molar-refractivity contribution in [2.75, 3.05) is 0 Å². The zero-order valence-corrected chi connectivity index (χ0v) is 11.3. The predicted octanol–water partition coefficient (Wildman–Crippen LogP) is 2.52. The highest BCUT2D eigenvalue weighted by molar-refractivity contribution is 6.06.